The van der Waals surface area contributed by atoms with E-state index in [0.717, 1.165) is 21.0 Å². The predicted molar refractivity (Wildman–Crippen MR) is 180 cm³/mol. The number of anilines is 1. The molecule has 9 heteroatoms. The van der Waals surface area contributed by atoms with Crippen molar-refractivity contribution in [2.75, 3.05) is 17.4 Å². The summed E-state index contributed by atoms with van der Waals surface area (Å²) in [6, 6.07) is 27.8. The van der Waals surface area contributed by atoms with Crippen LogP contribution in [0.4, 0.5) is 10.1 Å². The molecule has 4 aromatic rings. The molecule has 2 amide bonds. The second kappa shape index (κ2) is 15.7. The Balaban J connectivity index is 1.83. The van der Waals surface area contributed by atoms with E-state index in [1.54, 1.807) is 42.5 Å². The number of aryl methyl sites for hydroxylation is 2. The smallest absolute Gasteiger partial charge is 0.264 e. The zero-order valence-corrected chi connectivity index (χ0v) is 27.6. The number of para-hydroxylation sites is 1. The third kappa shape index (κ3) is 8.60. The van der Waals surface area contributed by atoms with E-state index >= 15 is 4.39 Å². The van der Waals surface area contributed by atoms with Crippen LogP contribution in [0.1, 0.15) is 43.0 Å². The third-order valence-electron chi connectivity index (χ3n) is 7.78. The van der Waals surface area contributed by atoms with Crippen LogP contribution < -0.4 is 9.62 Å². The van der Waals surface area contributed by atoms with E-state index in [1.165, 1.54) is 23.1 Å². The van der Waals surface area contributed by atoms with Gasteiger partial charge in [-0.1, -0.05) is 105 Å². The molecule has 1 N–H and O–H groups in total. The van der Waals surface area contributed by atoms with Crippen LogP contribution in [0.3, 0.4) is 0 Å². The molecule has 0 fully saturated rings. The van der Waals surface area contributed by atoms with Crippen LogP contribution in [0.2, 0.25) is 0 Å². The van der Waals surface area contributed by atoms with Gasteiger partial charge in [0.15, 0.2) is 0 Å². The van der Waals surface area contributed by atoms with Gasteiger partial charge in [-0.3, -0.25) is 13.9 Å². The van der Waals surface area contributed by atoms with E-state index in [2.05, 4.69) is 5.32 Å². The van der Waals surface area contributed by atoms with Gasteiger partial charge in [0.1, 0.15) is 18.4 Å². The minimum Gasteiger partial charge on any atom is -0.354 e. The maximum absolute atomic E-state index is 15.1. The first-order valence-electron chi connectivity index (χ1n) is 15.5. The van der Waals surface area contributed by atoms with Gasteiger partial charge in [-0.25, -0.2) is 12.8 Å². The summed E-state index contributed by atoms with van der Waals surface area (Å²) >= 11 is 0. The van der Waals surface area contributed by atoms with E-state index < -0.39 is 40.2 Å². The second-order valence-electron chi connectivity index (χ2n) is 11.8. The molecule has 0 unspecified atom stereocenters. The van der Waals surface area contributed by atoms with E-state index in [9.17, 15) is 18.0 Å². The molecular weight excluding hydrogens is 601 g/mol. The van der Waals surface area contributed by atoms with Gasteiger partial charge in [-0.2, -0.15) is 0 Å². The molecule has 0 heterocycles. The zero-order valence-electron chi connectivity index (χ0n) is 26.8. The van der Waals surface area contributed by atoms with E-state index in [1.807, 2.05) is 70.2 Å². The van der Waals surface area contributed by atoms with Crippen molar-refractivity contribution in [3.8, 4) is 0 Å². The molecule has 242 valence electrons. The summed E-state index contributed by atoms with van der Waals surface area (Å²) in [5, 5.41) is 2.94. The summed E-state index contributed by atoms with van der Waals surface area (Å²) in [7, 11) is -4.23. The minimum absolute atomic E-state index is 0.0352. The first-order valence-corrected chi connectivity index (χ1v) is 17.0. The lowest BCUT2D eigenvalue weighted by molar-refractivity contribution is -0.140. The predicted octanol–water partition coefficient (Wildman–Crippen LogP) is 6.30. The summed E-state index contributed by atoms with van der Waals surface area (Å²) in [4.78, 5) is 29.8. The Morgan fingerprint density at radius 3 is 2.07 bits per heavy atom. The minimum atomic E-state index is -4.23. The lowest BCUT2D eigenvalue weighted by Crippen LogP contribution is -2.54. The van der Waals surface area contributed by atoms with Crippen molar-refractivity contribution in [1.29, 1.82) is 0 Å². The number of rotatable bonds is 14. The van der Waals surface area contributed by atoms with Crippen LogP contribution in [0.15, 0.2) is 108 Å². The number of halogens is 1. The van der Waals surface area contributed by atoms with Crippen molar-refractivity contribution < 1.29 is 22.4 Å². The van der Waals surface area contributed by atoms with Gasteiger partial charge in [0.2, 0.25) is 11.8 Å². The van der Waals surface area contributed by atoms with Crippen molar-refractivity contribution in [3.63, 3.8) is 0 Å². The van der Waals surface area contributed by atoms with Crippen molar-refractivity contribution >= 4 is 27.5 Å². The monoisotopic (exact) mass is 643 g/mol. The lowest BCUT2D eigenvalue weighted by Gasteiger charge is -2.34. The molecule has 4 aromatic carbocycles. The van der Waals surface area contributed by atoms with Crippen molar-refractivity contribution in [2.24, 2.45) is 5.92 Å². The Hall–Kier alpha value is -4.50. The molecule has 0 aliphatic heterocycles. The largest absolute Gasteiger partial charge is 0.354 e. The second-order valence-corrected chi connectivity index (χ2v) is 13.6. The number of carbonyl (C=O) groups is 2. The number of hydrogen-bond donors (Lipinski definition) is 1. The summed E-state index contributed by atoms with van der Waals surface area (Å²) in [6.45, 7) is 7.26. The fourth-order valence-corrected chi connectivity index (χ4v) is 6.64. The highest BCUT2D eigenvalue weighted by atomic mass is 32.2. The van der Waals surface area contributed by atoms with E-state index in [4.69, 9.17) is 0 Å². The Morgan fingerprint density at radius 1 is 0.826 bits per heavy atom. The van der Waals surface area contributed by atoms with Crippen LogP contribution in [0, 0.1) is 18.7 Å². The molecule has 7 nitrogen and oxygen atoms in total. The summed E-state index contributed by atoms with van der Waals surface area (Å²) in [5.41, 5.74) is 3.02. The summed E-state index contributed by atoms with van der Waals surface area (Å²) in [6.07, 6.45) is 0.679. The lowest BCUT2D eigenvalue weighted by atomic mass is 10.0. The van der Waals surface area contributed by atoms with Crippen LogP contribution in [-0.2, 0) is 39.0 Å². The molecule has 46 heavy (non-hydrogen) atoms. The molecular formula is C37H42FN3O4S. The molecule has 1 atom stereocenters. The summed E-state index contributed by atoms with van der Waals surface area (Å²) < 4.78 is 44.7. The van der Waals surface area contributed by atoms with Crippen LogP contribution in [0.5, 0.6) is 0 Å². The molecule has 0 aromatic heterocycles. The number of sulfonamides is 1. The number of amides is 2. The van der Waals surface area contributed by atoms with Crippen LogP contribution in [0.25, 0.3) is 0 Å². The Labute approximate surface area is 272 Å². The molecule has 0 saturated heterocycles. The zero-order chi connectivity index (χ0) is 33.3. The van der Waals surface area contributed by atoms with Gasteiger partial charge in [0.05, 0.1) is 10.6 Å². The first-order chi connectivity index (χ1) is 22.0. The first kappa shape index (κ1) is 34.4. The van der Waals surface area contributed by atoms with E-state index in [-0.39, 0.29) is 29.3 Å². The molecule has 0 saturated carbocycles. The standard InChI is InChI=1S/C37H42FN3O4S/c1-5-30-15-10-12-18-34(30)41(46(44,45)32-21-19-28(4)20-22-32)26-36(42)40(25-31-16-9-11-17-33(31)38)35(37(43)39-24-27(2)3)23-29-13-7-6-8-14-29/h6-22,27,35H,5,23-26H2,1-4H3,(H,39,43)/t35-/m0/s1. The van der Waals surface area contributed by atoms with Crippen molar-refractivity contribution in [3.05, 3.63) is 131 Å². The fraction of sp³-hybridized carbons (Fsp3) is 0.297. The third-order valence-corrected chi connectivity index (χ3v) is 9.56. The number of hydrogen-bond acceptors (Lipinski definition) is 4. The highest BCUT2D eigenvalue weighted by Crippen LogP contribution is 2.29. The molecule has 0 aliphatic carbocycles. The SMILES string of the molecule is CCc1ccccc1N(CC(=O)N(Cc1ccccc1F)[C@@H](Cc1ccccc1)C(=O)NCC(C)C)S(=O)(=O)c1ccc(C)cc1. The Kier molecular flexibility index (Phi) is 11.7. The number of carbonyl (C=O) groups excluding carboxylic acids is 2. The highest BCUT2D eigenvalue weighted by Gasteiger charge is 2.35. The molecule has 0 aliphatic rings. The van der Waals surface area contributed by atoms with Gasteiger partial charge in [-0.15, -0.1) is 0 Å². The van der Waals surface area contributed by atoms with Gasteiger partial charge in [0.25, 0.3) is 10.0 Å². The molecule has 0 spiro atoms. The average Bonchev–Trinajstić information content (AvgIpc) is 3.05. The topological polar surface area (TPSA) is 86.8 Å². The van der Waals surface area contributed by atoms with Crippen LogP contribution in [-0.4, -0.2) is 44.3 Å². The average molecular weight is 644 g/mol. The van der Waals surface area contributed by atoms with E-state index in [0.29, 0.717) is 18.7 Å². The molecule has 4 rings (SSSR count). The fourth-order valence-electron chi connectivity index (χ4n) is 5.19. The quantitative estimate of drug-likeness (QED) is 0.175. The maximum Gasteiger partial charge on any atom is 0.264 e. The molecule has 0 radical (unpaired) electrons. The Bertz CT molecular complexity index is 1730. The van der Waals surface area contributed by atoms with Gasteiger partial charge < -0.3 is 10.2 Å². The number of benzene rings is 4. The van der Waals surface area contributed by atoms with Gasteiger partial charge in [-0.05, 0) is 54.7 Å². The maximum atomic E-state index is 15.1. The highest BCUT2D eigenvalue weighted by molar-refractivity contribution is 7.92. The number of nitrogens with one attached hydrogen (secondary N) is 1. The van der Waals surface area contributed by atoms with Crippen molar-refractivity contribution in [1.82, 2.24) is 10.2 Å². The summed E-state index contributed by atoms with van der Waals surface area (Å²) in [5.74, 6) is -1.41. The van der Waals surface area contributed by atoms with Crippen molar-refractivity contribution in [2.45, 2.75) is 58.0 Å². The normalized spacial score (nSPS) is 12.0. The number of nitrogens with zero attached hydrogens (tertiary/aromatic N) is 2. The van der Waals surface area contributed by atoms with Crippen LogP contribution >= 0.6 is 0 Å². The molecule has 0 bridgehead atoms. The van der Waals surface area contributed by atoms with Gasteiger partial charge in [0, 0.05) is 25.1 Å². The Morgan fingerprint density at radius 2 is 1.43 bits per heavy atom. The van der Waals surface area contributed by atoms with Gasteiger partial charge >= 0.3 is 0 Å².